The highest BCUT2D eigenvalue weighted by Crippen LogP contribution is 2.36. The molecule has 0 atom stereocenters. The van der Waals surface area contributed by atoms with Crippen molar-refractivity contribution in [3.63, 3.8) is 0 Å². The molecule has 0 spiro atoms. The van der Waals surface area contributed by atoms with Crippen molar-refractivity contribution in [1.82, 2.24) is 0 Å². The highest BCUT2D eigenvalue weighted by atomic mass is 16.1. The number of benzene rings is 1. The Morgan fingerprint density at radius 1 is 0.955 bits per heavy atom. The second-order valence-corrected chi connectivity index (χ2v) is 6.96. The summed E-state index contributed by atoms with van der Waals surface area (Å²) in [4.78, 5) is 12.1. The first-order valence-corrected chi connectivity index (χ1v) is 9.36. The van der Waals surface area contributed by atoms with Gasteiger partial charge >= 0.3 is 0 Å². The Morgan fingerprint density at radius 3 is 2.18 bits per heavy atom. The van der Waals surface area contributed by atoms with Crippen LogP contribution in [0.25, 0.3) is 0 Å². The summed E-state index contributed by atoms with van der Waals surface area (Å²) in [6.45, 7) is 4.41. The third-order valence-corrected chi connectivity index (χ3v) is 5.23. The maximum atomic E-state index is 12.1. The maximum Gasteiger partial charge on any atom is 0.135 e. The Balaban J connectivity index is 1.82. The maximum absolute atomic E-state index is 12.1. The lowest BCUT2D eigenvalue weighted by Gasteiger charge is -2.28. The summed E-state index contributed by atoms with van der Waals surface area (Å²) in [5.41, 5.74) is 2.95. The van der Waals surface area contributed by atoms with E-state index in [4.69, 9.17) is 0 Å². The molecule has 1 heteroatoms. The van der Waals surface area contributed by atoms with E-state index in [0.717, 1.165) is 32.1 Å². The number of hydrogen-bond acceptors (Lipinski definition) is 1. The molecule has 22 heavy (non-hydrogen) atoms. The summed E-state index contributed by atoms with van der Waals surface area (Å²) in [7, 11) is 0. The second kappa shape index (κ2) is 9.12. The van der Waals surface area contributed by atoms with Gasteiger partial charge in [0.25, 0.3) is 0 Å². The Kier molecular flexibility index (Phi) is 7.15. The number of unbranched alkanes of at least 4 members (excludes halogenated alkanes) is 2. The molecule has 0 heterocycles. The Morgan fingerprint density at radius 2 is 1.59 bits per heavy atom. The van der Waals surface area contributed by atoms with Crippen molar-refractivity contribution >= 4 is 5.78 Å². The highest BCUT2D eigenvalue weighted by Gasteiger charge is 2.26. The third-order valence-electron chi connectivity index (χ3n) is 5.23. The summed E-state index contributed by atoms with van der Waals surface area (Å²) in [5.74, 6) is 1.55. The lowest BCUT2D eigenvalue weighted by Crippen LogP contribution is -2.21. The number of hydrogen-bond donors (Lipinski definition) is 0. The second-order valence-electron chi connectivity index (χ2n) is 6.96. The largest absolute Gasteiger partial charge is 0.299 e. The van der Waals surface area contributed by atoms with Gasteiger partial charge in [-0.05, 0) is 62.0 Å². The van der Waals surface area contributed by atoms with Gasteiger partial charge in [0, 0.05) is 12.3 Å². The molecule has 0 radical (unpaired) electrons. The first-order valence-electron chi connectivity index (χ1n) is 9.36. The fourth-order valence-corrected chi connectivity index (χ4v) is 3.64. The van der Waals surface area contributed by atoms with Crippen molar-refractivity contribution in [2.75, 3.05) is 0 Å². The summed E-state index contributed by atoms with van der Waals surface area (Å²) in [5, 5.41) is 0. The predicted octanol–water partition coefficient (Wildman–Crippen LogP) is 6.06. The van der Waals surface area contributed by atoms with Gasteiger partial charge in [-0.1, -0.05) is 51.0 Å². The zero-order chi connectivity index (χ0) is 15.8. The topological polar surface area (TPSA) is 17.1 Å². The van der Waals surface area contributed by atoms with Gasteiger partial charge in [-0.15, -0.1) is 0 Å². The standard InChI is InChI=1S/C21H32O/c1-3-5-7-17-9-11-18(12-10-17)19-13-15-20(16-14-19)21(22)8-6-4-2/h9-12,19-20H,3-8,13-16H2,1-2H3. The molecule has 0 bridgehead atoms. The van der Waals surface area contributed by atoms with Crippen LogP contribution in [0.15, 0.2) is 24.3 Å². The van der Waals surface area contributed by atoms with E-state index in [-0.39, 0.29) is 0 Å². The molecule has 0 amide bonds. The minimum atomic E-state index is 0.353. The molecule has 1 aromatic rings. The normalized spacial score (nSPS) is 21.7. The van der Waals surface area contributed by atoms with E-state index in [9.17, 15) is 4.79 Å². The first-order chi connectivity index (χ1) is 10.7. The van der Waals surface area contributed by atoms with Crippen LogP contribution in [0.3, 0.4) is 0 Å². The van der Waals surface area contributed by atoms with Crippen molar-refractivity contribution in [2.45, 2.75) is 84.0 Å². The van der Waals surface area contributed by atoms with Crippen LogP contribution in [0.1, 0.15) is 88.7 Å². The molecular weight excluding hydrogens is 268 g/mol. The molecule has 1 saturated carbocycles. The molecule has 1 aromatic carbocycles. The zero-order valence-electron chi connectivity index (χ0n) is 14.4. The molecule has 1 fully saturated rings. The smallest absolute Gasteiger partial charge is 0.135 e. The van der Waals surface area contributed by atoms with Crippen molar-refractivity contribution in [2.24, 2.45) is 5.92 Å². The van der Waals surface area contributed by atoms with Gasteiger partial charge in [-0.25, -0.2) is 0 Å². The molecule has 0 unspecified atom stereocenters. The molecule has 2 rings (SSSR count). The van der Waals surface area contributed by atoms with Gasteiger partial charge in [0.15, 0.2) is 0 Å². The van der Waals surface area contributed by atoms with E-state index in [1.807, 2.05) is 0 Å². The number of carbonyl (C=O) groups is 1. The van der Waals surface area contributed by atoms with Gasteiger partial charge < -0.3 is 0 Å². The van der Waals surface area contributed by atoms with E-state index in [1.54, 1.807) is 0 Å². The average Bonchev–Trinajstić information content (AvgIpc) is 2.58. The number of rotatable bonds is 8. The van der Waals surface area contributed by atoms with Crippen molar-refractivity contribution in [1.29, 1.82) is 0 Å². The predicted molar refractivity (Wildman–Crippen MR) is 94.3 cm³/mol. The Bertz CT molecular complexity index is 437. The van der Waals surface area contributed by atoms with E-state index in [0.29, 0.717) is 17.6 Å². The van der Waals surface area contributed by atoms with Crippen LogP contribution >= 0.6 is 0 Å². The van der Waals surface area contributed by atoms with Crippen LogP contribution in [0.2, 0.25) is 0 Å². The molecule has 1 aliphatic rings. The van der Waals surface area contributed by atoms with Gasteiger partial charge in [-0.2, -0.15) is 0 Å². The van der Waals surface area contributed by atoms with Crippen LogP contribution in [-0.2, 0) is 11.2 Å². The van der Waals surface area contributed by atoms with Crippen LogP contribution in [0.5, 0.6) is 0 Å². The van der Waals surface area contributed by atoms with Gasteiger partial charge in [0.1, 0.15) is 5.78 Å². The number of carbonyl (C=O) groups excluding carboxylic acids is 1. The number of aryl methyl sites for hydroxylation is 1. The van der Waals surface area contributed by atoms with Crippen LogP contribution in [0.4, 0.5) is 0 Å². The van der Waals surface area contributed by atoms with E-state index < -0.39 is 0 Å². The lowest BCUT2D eigenvalue weighted by atomic mass is 9.76. The molecule has 1 aliphatic carbocycles. The van der Waals surface area contributed by atoms with Crippen LogP contribution in [0, 0.1) is 5.92 Å². The first kappa shape index (κ1) is 17.2. The van der Waals surface area contributed by atoms with Crippen molar-refractivity contribution < 1.29 is 4.79 Å². The Labute approximate surface area is 136 Å². The molecule has 0 aromatic heterocycles. The SMILES string of the molecule is CCCCC(=O)C1CCC(c2ccc(CCCC)cc2)CC1. The van der Waals surface area contributed by atoms with Crippen LogP contribution < -0.4 is 0 Å². The van der Waals surface area contributed by atoms with E-state index in [1.165, 1.54) is 43.2 Å². The highest BCUT2D eigenvalue weighted by molar-refractivity contribution is 5.81. The number of ketones is 1. The van der Waals surface area contributed by atoms with Crippen molar-refractivity contribution in [3.8, 4) is 0 Å². The molecule has 122 valence electrons. The minimum absolute atomic E-state index is 0.353. The van der Waals surface area contributed by atoms with Gasteiger partial charge in [0.2, 0.25) is 0 Å². The fraction of sp³-hybridized carbons (Fsp3) is 0.667. The monoisotopic (exact) mass is 300 g/mol. The van der Waals surface area contributed by atoms with E-state index >= 15 is 0 Å². The molecule has 0 N–H and O–H groups in total. The van der Waals surface area contributed by atoms with Gasteiger partial charge in [0.05, 0.1) is 0 Å². The summed E-state index contributed by atoms with van der Waals surface area (Å²) in [6, 6.07) is 9.27. The average molecular weight is 300 g/mol. The van der Waals surface area contributed by atoms with E-state index in [2.05, 4.69) is 38.1 Å². The molecule has 0 aliphatic heterocycles. The molecule has 1 nitrogen and oxygen atoms in total. The van der Waals surface area contributed by atoms with Gasteiger partial charge in [-0.3, -0.25) is 4.79 Å². The zero-order valence-corrected chi connectivity index (χ0v) is 14.4. The van der Waals surface area contributed by atoms with Crippen LogP contribution in [-0.4, -0.2) is 5.78 Å². The summed E-state index contributed by atoms with van der Waals surface area (Å²) in [6.07, 6.45) is 11.3. The number of Topliss-reactive ketones (excluding diaryl/α,β-unsaturated/α-hetero) is 1. The molecule has 0 saturated heterocycles. The lowest BCUT2D eigenvalue weighted by molar-refractivity contribution is -0.124. The fourth-order valence-electron chi connectivity index (χ4n) is 3.64. The quantitative estimate of drug-likeness (QED) is 0.570. The summed E-state index contributed by atoms with van der Waals surface area (Å²) >= 11 is 0. The minimum Gasteiger partial charge on any atom is -0.299 e. The van der Waals surface area contributed by atoms with Crippen molar-refractivity contribution in [3.05, 3.63) is 35.4 Å². The summed E-state index contributed by atoms with van der Waals surface area (Å²) < 4.78 is 0. The Hall–Kier alpha value is -1.11. The molecular formula is C21H32O. The third kappa shape index (κ3) is 4.97.